The van der Waals surface area contributed by atoms with Crippen LogP contribution in [0.2, 0.25) is 0 Å². The highest BCUT2D eigenvalue weighted by atomic mass is 16.2. The quantitative estimate of drug-likeness (QED) is 0.786. The van der Waals surface area contributed by atoms with Crippen LogP contribution >= 0.6 is 0 Å². The van der Waals surface area contributed by atoms with Gasteiger partial charge in [0.05, 0.1) is 5.56 Å². The summed E-state index contributed by atoms with van der Waals surface area (Å²) >= 11 is 0. The predicted molar refractivity (Wildman–Crippen MR) is 86.5 cm³/mol. The van der Waals surface area contributed by atoms with E-state index in [1.165, 1.54) is 0 Å². The second-order valence-corrected chi connectivity index (χ2v) is 5.35. The first-order valence-electron chi connectivity index (χ1n) is 6.93. The van der Waals surface area contributed by atoms with Crippen molar-refractivity contribution in [2.24, 2.45) is 0 Å². The molecule has 0 fully saturated rings. The zero-order chi connectivity index (χ0) is 15.7. The molecule has 0 unspecified atom stereocenters. The Bertz CT molecular complexity index is 883. The van der Waals surface area contributed by atoms with E-state index in [0.29, 0.717) is 11.1 Å². The van der Waals surface area contributed by atoms with E-state index in [-0.39, 0.29) is 5.91 Å². The lowest BCUT2D eigenvalue weighted by atomic mass is 10.0. The molecule has 0 aliphatic heterocycles. The van der Waals surface area contributed by atoms with E-state index in [1.807, 2.05) is 42.5 Å². The monoisotopic (exact) mass is 289 g/mol. The Balaban J connectivity index is 2.01. The van der Waals surface area contributed by atoms with Crippen LogP contribution in [0.15, 0.2) is 48.7 Å². The van der Waals surface area contributed by atoms with Crippen LogP contribution in [0, 0.1) is 11.3 Å². The van der Waals surface area contributed by atoms with E-state index in [4.69, 9.17) is 5.26 Å². The van der Waals surface area contributed by atoms with Crippen molar-refractivity contribution in [3.63, 3.8) is 0 Å². The largest absolute Gasteiger partial charge is 0.360 e. The van der Waals surface area contributed by atoms with Gasteiger partial charge in [0.15, 0.2) is 0 Å². The van der Waals surface area contributed by atoms with Crippen LogP contribution in [0.25, 0.3) is 22.0 Å². The van der Waals surface area contributed by atoms with Crippen LogP contribution in [0.1, 0.15) is 15.9 Å². The number of aromatic amines is 1. The van der Waals surface area contributed by atoms with Crippen molar-refractivity contribution in [2.75, 3.05) is 14.1 Å². The van der Waals surface area contributed by atoms with Crippen LogP contribution in [0.4, 0.5) is 0 Å². The minimum Gasteiger partial charge on any atom is -0.360 e. The third kappa shape index (κ3) is 2.33. The number of carbonyl (C=O) groups excluding carboxylic acids is 1. The fourth-order valence-electron chi connectivity index (χ4n) is 2.46. The summed E-state index contributed by atoms with van der Waals surface area (Å²) in [5.74, 6) is -0.0144. The Morgan fingerprint density at radius 2 is 1.77 bits per heavy atom. The van der Waals surface area contributed by atoms with Gasteiger partial charge in [0.2, 0.25) is 0 Å². The molecule has 3 aromatic rings. The minimum atomic E-state index is -0.0144. The summed E-state index contributed by atoms with van der Waals surface area (Å²) in [5, 5.41) is 10.0. The van der Waals surface area contributed by atoms with Gasteiger partial charge in [0, 0.05) is 36.8 Å². The van der Waals surface area contributed by atoms with Gasteiger partial charge in [-0.2, -0.15) is 5.26 Å². The number of nitrogens with one attached hydrogen (secondary N) is 1. The molecule has 0 bridgehead atoms. The second kappa shape index (κ2) is 5.38. The van der Waals surface area contributed by atoms with E-state index in [0.717, 1.165) is 22.0 Å². The first-order valence-corrected chi connectivity index (χ1v) is 6.93. The summed E-state index contributed by atoms with van der Waals surface area (Å²) in [6.07, 6.45) is 1.72. The van der Waals surface area contributed by atoms with Gasteiger partial charge in [-0.3, -0.25) is 4.79 Å². The fraction of sp³-hybridized carbons (Fsp3) is 0.111. The van der Waals surface area contributed by atoms with E-state index in [9.17, 15) is 4.79 Å². The molecule has 0 saturated carbocycles. The van der Waals surface area contributed by atoms with Crippen molar-refractivity contribution < 1.29 is 4.79 Å². The molecule has 1 aromatic heterocycles. The van der Waals surface area contributed by atoms with Crippen LogP contribution in [-0.2, 0) is 0 Å². The molecule has 22 heavy (non-hydrogen) atoms. The van der Waals surface area contributed by atoms with Crippen molar-refractivity contribution in [3.05, 3.63) is 59.8 Å². The average Bonchev–Trinajstić information content (AvgIpc) is 2.96. The summed E-state index contributed by atoms with van der Waals surface area (Å²) in [4.78, 5) is 16.5. The predicted octanol–water partition coefficient (Wildman–Crippen LogP) is 3.41. The number of hydrogen-bond donors (Lipinski definition) is 1. The number of rotatable bonds is 2. The summed E-state index contributed by atoms with van der Waals surface area (Å²) in [7, 11) is 3.47. The Morgan fingerprint density at radius 3 is 2.41 bits per heavy atom. The lowest BCUT2D eigenvalue weighted by molar-refractivity contribution is 0.0827. The van der Waals surface area contributed by atoms with Crippen LogP contribution in [0.5, 0.6) is 0 Å². The summed E-state index contributed by atoms with van der Waals surface area (Å²) in [6, 6.07) is 15.6. The summed E-state index contributed by atoms with van der Waals surface area (Å²) in [6.45, 7) is 0. The van der Waals surface area contributed by atoms with Gasteiger partial charge in [0.25, 0.3) is 5.91 Å². The average molecular weight is 289 g/mol. The molecule has 3 rings (SSSR count). The molecule has 1 N–H and O–H groups in total. The van der Waals surface area contributed by atoms with Crippen molar-refractivity contribution >= 4 is 16.8 Å². The maximum Gasteiger partial charge on any atom is 0.253 e. The molecule has 2 aromatic carbocycles. The fourth-order valence-corrected chi connectivity index (χ4v) is 2.46. The molecule has 0 atom stereocenters. The zero-order valence-electron chi connectivity index (χ0n) is 12.4. The normalized spacial score (nSPS) is 10.4. The lowest BCUT2D eigenvalue weighted by Gasteiger charge is -2.10. The molecule has 0 aliphatic carbocycles. The van der Waals surface area contributed by atoms with Gasteiger partial charge in [-0.25, -0.2) is 0 Å². The number of aromatic nitrogens is 1. The highest BCUT2D eigenvalue weighted by molar-refractivity contribution is 5.95. The topological polar surface area (TPSA) is 59.9 Å². The maximum atomic E-state index is 11.9. The Hall–Kier alpha value is -3.06. The molecule has 4 nitrogen and oxygen atoms in total. The number of benzene rings is 2. The van der Waals surface area contributed by atoms with Crippen molar-refractivity contribution in [1.82, 2.24) is 9.88 Å². The molecule has 0 saturated heterocycles. The number of amides is 1. The molecule has 4 heteroatoms. The molecular formula is C18H15N3O. The van der Waals surface area contributed by atoms with Gasteiger partial charge in [0.1, 0.15) is 6.07 Å². The van der Waals surface area contributed by atoms with Gasteiger partial charge in [-0.05, 0) is 35.4 Å². The SMILES string of the molecule is CN(C)C(=O)c1ccc(-c2ccc3[nH]cc(C#N)c3c2)cc1. The van der Waals surface area contributed by atoms with E-state index >= 15 is 0 Å². The molecule has 0 spiro atoms. The summed E-state index contributed by atoms with van der Waals surface area (Å²) in [5.41, 5.74) is 4.28. The third-order valence-corrected chi connectivity index (χ3v) is 3.67. The second-order valence-electron chi connectivity index (χ2n) is 5.35. The van der Waals surface area contributed by atoms with Gasteiger partial charge >= 0.3 is 0 Å². The molecule has 108 valence electrons. The van der Waals surface area contributed by atoms with Gasteiger partial charge in [-0.1, -0.05) is 18.2 Å². The molecule has 1 amide bonds. The van der Waals surface area contributed by atoms with Crippen molar-refractivity contribution in [2.45, 2.75) is 0 Å². The first-order chi connectivity index (χ1) is 10.6. The number of nitriles is 1. The number of fused-ring (bicyclic) bond motifs is 1. The Morgan fingerprint density at radius 1 is 1.09 bits per heavy atom. The molecule has 0 aliphatic rings. The summed E-state index contributed by atoms with van der Waals surface area (Å²) < 4.78 is 0. The first kappa shape index (κ1) is 13.9. The highest BCUT2D eigenvalue weighted by Gasteiger charge is 2.09. The minimum absolute atomic E-state index is 0.0144. The molecule has 1 heterocycles. The number of nitrogens with zero attached hydrogens (tertiary/aromatic N) is 2. The third-order valence-electron chi connectivity index (χ3n) is 3.67. The molecular weight excluding hydrogens is 274 g/mol. The van der Waals surface area contributed by atoms with E-state index in [1.54, 1.807) is 25.2 Å². The van der Waals surface area contributed by atoms with Crippen LogP contribution < -0.4 is 0 Å². The Kier molecular flexibility index (Phi) is 3.40. The number of hydrogen-bond acceptors (Lipinski definition) is 2. The van der Waals surface area contributed by atoms with Crippen molar-refractivity contribution in [1.29, 1.82) is 5.26 Å². The van der Waals surface area contributed by atoms with Crippen molar-refractivity contribution in [3.8, 4) is 17.2 Å². The lowest BCUT2D eigenvalue weighted by Crippen LogP contribution is -2.21. The van der Waals surface area contributed by atoms with E-state index in [2.05, 4.69) is 11.1 Å². The van der Waals surface area contributed by atoms with Gasteiger partial charge in [-0.15, -0.1) is 0 Å². The zero-order valence-corrected chi connectivity index (χ0v) is 12.4. The van der Waals surface area contributed by atoms with Crippen LogP contribution in [-0.4, -0.2) is 29.9 Å². The highest BCUT2D eigenvalue weighted by Crippen LogP contribution is 2.26. The van der Waals surface area contributed by atoms with Gasteiger partial charge < -0.3 is 9.88 Å². The maximum absolute atomic E-state index is 11.9. The van der Waals surface area contributed by atoms with E-state index < -0.39 is 0 Å². The number of H-pyrrole nitrogens is 1. The number of carbonyl (C=O) groups is 1. The van der Waals surface area contributed by atoms with Crippen LogP contribution in [0.3, 0.4) is 0 Å². The smallest absolute Gasteiger partial charge is 0.253 e. The molecule has 0 radical (unpaired) electrons. The standard InChI is InChI=1S/C18H15N3O/c1-21(2)18(22)13-5-3-12(4-6-13)14-7-8-17-16(9-14)15(10-19)11-20-17/h3-9,11,20H,1-2H3. The Labute approximate surface area is 128 Å².